The zero-order valence-corrected chi connectivity index (χ0v) is 7.83. The van der Waals surface area contributed by atoms with Gasteiger partial charge in [0.1, 0.15) is 6.04 Å². The van der Waals surface area contributed by atoms with Crippen LogP contribution in [0.25, 0.3) is 0 Å². The van der Waals surface area contributed by atoms with Crippen LogP contribution in [0.5, 0.6) is 0 Å². The van der Waals surface area contributed by atoms with Crippen molar-refractivity contribution in [3.8, 4) is 0 Å². The predicted octanol–water partition coefficient (Wildman–Crippen LogP) is 1.46. The SMILES string of the molecule is Cc1cccc(CC(NF)C(=O)O)c1. The van der Waals surface area contributed by atoms with E-state index in [9.17, 15) is 9.28 Å². The molecule has 1 aromatic carbocycles. The second kappa shape index (κ2) is 4.72. The van der Waals surface area contributed by atoms with Crippen LogP contribution in [0.4, 0.5) is 4.48 Å². The Hall–Kier alpha value is -1.42. The molecule has 1 unspecified atom stereocenters. The van der Waals surface area contributed by atoms with E-state index < -0.39 is 12.0 Å². The number of carboxylic acids is 1. The molecule has 0 aliphatic rings. The van der Waals surface area contributed by atoms with E-state index in [1.807, 2.05) is 25.1 Å². The summed E-state index contributed by atoms with van der Waals surface area (Å²) in [4.78, 5) is 10.5. The van der Waals surface area contributed by atoms with Crippen LogP contribution in [-0.4, -0.2) is 17.1 Å². The molecule has 0 saturated heterocycles. The summed E-state index contributed by atoms with van der Waals surface area (Å²) < 4.78 is 12.1. The molecule has 14 heavy (non-hydrogen) atoms. The van der Waals surface area contributed by atoms with E-state index in [1.54, 1.807) is 6.07 Å². The number of carbonyl (C=O) groups is 1. The molecular formula is C10H12FNO2. The van der Waals surface area contributed by atoms with Gasteiger partial charge >= 0.3 is 5.97 Å². The van der Waals surface area contributed by atoms with Gasteiger partial charge in [0.05, 0.1) is 0 Å². The van der Waals surface area contributed by atoms with Crippen LogP contribution in [0, 0.1) is 6.92 Å². The lowest BCUT2D eigenvalue weighted by Gasteiger charge is -2.08. The second-order valence-corrected chi connectivity index (χ2v) is 3.19. The van der Waals surface area contributed by atoms with Crippen molar-refractivity contribution in [1.29, 1.82) is 0 Å². The molecule has 4 heteroatoms. The molecular weight excluding hydrogens is 185 g/mol. The monoisotopic (exact) mass is 197 g/mol. The van der Waals surface area contributed by atoms with Gasteiger partial charge in [0.15, 0.2) is 0 Å². The van der Waals surface area contributed by atoms with E-state index in [0.717, 1.165) is 11.1 Å². The lowest BCUT2D eigenvalue weighted by molar-refractivity contribution is -0.140. The summed E-state index contributed by atoms with van der Waals surface area (Å²) in [5.41, 5.74) is 3.11. The maximum atomic E-state index is 12.1. The van der Waals surface area contributed by atoms with Crippen LogP contribution in [0.15, 0.2) is 24.3 Å². The summed E-state index contributed by atoms with van der Waals surface area (Å²) in [5, 5.41) is 8.60. The Morgan fingerprint density at radius 1 is 1.64 bits per heavy atom. The van der Waals surface area contributed by atoms with Gasteiger partial charge in [0.25, 0.3) is 0 Å². The minimum atomic E-state index is -1.19. The zero-order chi connectivity index (χ0) is 10.6. The predicted molar refractivity (Wildman–Crippen MR) is 50.6 cm³/mol. The molecule has 0 aromatic heterocycles. The molecule has 0 aliphatic carbocycles. The molecule has 0 aliphatic heterocycles. The molecule has 76 valence electrons. The molecule has 0 bridgehead atoms. The van der Waals surface area contributed by atoms with Crippen LogP contribution in [0.3, 0.4) is 0 Å². The number of rotatable bonds is 4. The number of aliphatic carboxylic acids is 1. The van der Waals surface area contributed by atoms with Crippen molar-refractivity contribution in [2.45, 2.75) is 19.4 Å². The number of aryl methyl sites for hydroxylation is 1. The number of benzene rings is 1. The van der Waals surface area contributed by atoms with Crippen molar-refractivity contribution >= 4 is 5.97 Å². The number of carboxylic acid groups (broad SMARTS) is 1. The topological polar surface area (TPSA) is 49.3 Å². The van der Waals surface area contributed by atoms with Gasteiger partial charge in [-0.05, 0) is 12.5 Å². The van der Waals surface area contributed by atoms with E-state index in [1.165, 1.54) is 5.54 Å². The lowest BCUT2D eigenvalue weighted by atomic mass is 10.0. The van der Waals surface area contributed by atoms with Gasteiger partial charge in [-0.25, -0.2) is 0 Å². The average molecular weight is 197 g/mol. The van der Waals surface area contributed by atoms with Gasteiger partial charge in [-0.3, -0.25) is 4.79 Å². The fraction of sp³-hybridized carbons (Fsp3) is 0.300. The van der Waals surface area contributed by atoms with Crippen molar-refractivity contribution in [2.24, 2.45) is 0 Å². The van der Waals surface area contributed by atoms with Crippen LogP contribution >= 0.6 is 0 Å². The van der Waals surface area contributed by atoms with Crippen molar-refractivity contribution in [2.75, 3.05) is 0 Å². The highest BCUT2D eigenvalue weighted by molar-refractivity contribution is 5.73. The van der Waals surface area contributed by atoms with Crippen LogP contribution in [0.2, 0.25) is 0 Å². The van der Waals surface area contributed by atoms with Gasteiger partial charge in [0.2, 0.25) is 0 Å². The third-order valence-corrected chi connectivity index (χ3v) is 1.95. The summed E-state index contributed by atoms with van der Waals surface area (Å²) in [6, 6.07) is 6.18. The van der Waals surface area contributed by atoms with Gasteiger partial charge in [-0.2, -0.15) is 0 Å². The Morgan fingerprint density at radius 2 is 2.36 bits per heavy atom. The van der Waals surface area contributed by atoms with Crippen molar-refractivity contribution in [3.05, 3.63) is 35.4 Å². The van der Waals surface area contributed by atoms with E-state index >= 15 is 0 Å². The Labute approximate surface area is 81.5 Å². The van der Waals surface area contributed by atoms with Crippen molar-refractivity contribution < 1.29 is 14.4 Å². The minimum absolute atomic E-state index is 0.146. The molecule has 1 aromatic rings. The number of hydrogen-bond acceptors (Lipinski definition) is 2. The quantitative estimate of drug-likeness (QED) is 0.718. The Kier molecular flexibility index (Phi) is 3.59. The largest absolute Gasteiger partial charge is 0.480 e. The van der Waals surface area contributed by atoms with Crippen LogP contribution in [0.1, 0.15) is 11.1 Å². The highest BCUT2D eigenvalue weighted by atomic mass is 19.2. The fourth-order valence-corrected chi connectivity index (χ4v) is 1.25. The Balaban J connectivity index is 2.72. The lowest BCUT2D eigenvalue weighted by Crippen LogP contribution is -2.33. The summed E-state index contributed by atoms with van der Waals surface area (Å²) >= 11 is 0. The third kappa shape index (κ3) is 2.81. The Bertz CT molecular complexity index is 328. The first-order chi connectivity index (χ1) is 6.63. The highest BCUT2D eigenvalue weighted by Crippen LogP contribution is 2.07. The zero-order valence-electron chi connectivity index (χ0n) is 7.83. The summed E-state index contributed by atoms with van der Waals surface area (Å²) in [5.74, 6) is -1.19. The maximum absolute atomic E-state index is 12.1. The van der Waals surface area contributed by atoms with E-state index in [4.69, 9.17) is 5.11 Å². The standard InChI is InChI=1S/C10H12FNO2/c1-7-3-2-4-8(5-7)6-9(12-11)10(13)14/h2-5,9,12H,6H2,1H3,(H,13,14). The molecule has 3 nitrogen and oxygen atoms in total. The summed E-state index contributed by atoms with van der Waals surface area (Å²) in [6.07, 6.45) is 0.146. The van der Waals surface area contributed by atoms with Gasteiger partial charge in [-0.15, -0.1) is 10.0 Å². The molecule has 0 radical (unpaired) electrons. The molecule has 0 fully saturated rings. The highest BCUT2D eigenvalue weighted by Gasteiger charge is 2.16. The number of halogens is 1. The average Bonchev–Trinajstić information content (AvgIpc) is 2.14. The van der Waals surface area contributed by atoms with Crippen LogP contribution < -0.4 is 5.54 Å². The van der Waals surface area contributed by atoms with Crippen molar-refractivity contribution in [3.63, 3.8) is 0 Å². The van der Waals surface area contributed by atoms with Gasteiger partial charge in [0, 0.05) is 6.42 Å². The molecule has 0 spiro atoms. The fourth-order valence-electron chi connectivity index (χ4n) is 1.25. The molecule has 0 heterocycles. The molecule has 0 amide bonds. The normalized spacial score (nSPS) is 12.4. The number of nitrogens with one attached hydrogen (secondary N) is 1. The third-order valence-electron chi connectivity index (χ3n) is 1.95. The molecule has 2 N–H and O–H groups in total. The molecule has 1 rings (SSSR count). The first-order valence-corrected chi connectivity index (χ1v) is 4.28. The van der Waals surface area contributed by atoms with E-state index in [2.05, 4.69) is 0 Å². The van der Waals surface area contributed by atoms with Gasteiger partial charge in [-0.1, -0.05) is 29.8 Å². The molecule has 1 atom stereocenters. The smallest absolute Gasteiger partial charge is 0.323 e. The second-order valence-electron chi connectivity index (χ2n) is 3.19. The first-order valence-electron chi connectivity index (χ1n) is 4.28. The summed E-state index contributed by atoms with van der Waals surface area (Å²) in [7, 11) is 0. The van der Waals surface area contributed by atoms with Crippen LogP contribution in [-0.2, 0) is 11.2 Å². The molecule has 0 saturated carbocycles. The Morgan fingerprint density at radius 3 is 2.86 bits per heavy atom. The van der Waals surface area contributed by atoms with E-state index in [-0.39, 0.29) is 6.42 Å². The summed E-state index contributed by atoms with van der Waals surface area (Å²) in [6.45, 7) is 1.90. The maximum Gasteiger partial charge on any atom is 0.323 e. The number of hydrogen-bond donors (Lipinski definition) is 2. The van der Waals surface area contributed by atoms with Crippen molar-refractivity contribution in [1.82, 2.24) is 5.54 Å². The minimum Gasteiger partial charge on any atom is -0.480 e. The van der Waals surface area contributed by atoms with E-state index in [0.29, 0.717) is 0 Å². The first kappa shape index (κ1) is 10.7. The van der Waals surface area contributed by atoms with Gasteiger partial charge < -0.3 is 5.11 Å².